The van der Waals surface area contributed by atoms with Gasteiger partial charge in [-0.25, -0.2) is 24.2 Å². The number of nitrogens with two attached hydrogens (primary N) is 2. The molecule has 0 radical (unpaired) electrons. The van der Waals surface area contributed by atoms with Crippen LogP contribution in [-0.4, -0.2) is 87.8 Å². The molecule has 3 aliphatic heterocycles. The van der Waals surface area contributed by atoms with Crippen molar-refractivity contribution in [1.82, 2.24) is 34.5 Å². The molecule has 3 aliphatic rings. The molecule has 7 rings (SSSR count). The largest absolute Gasteiger partial charge is 0.472 e. The molecule has 234 valence electrons. The van der Waals surface area contributed by atoms with Gasteiger partial charge in [-0.15, -0.1) is 5.10 Å². The van der Waals surface area contributed by atoms with E-state index in [0.29, 0.717) is 16.7 Å². The van der Waals surface area contributed by atoms with Gasteiger partial charge in [0.2, 0.25) is 0 Å². The van der Waals surface area contributed by atoms with Gasteiger partial charge in [-0.1, -0.05) is 11.3 Å². The number of carbonyl (C=O) groups excluding carboxylic acids is 1. The number of amides is 1. The monoisotopic (exact) mass is 669 g/mol. The lowest BCUT2D eigenvalue weighted by molar-refractivity contribution is -0.0637. The molecule has 0 spiro atoms. The highest BCUT2D eigenvalue weighted by Gasteiger charge is 2.47. The van der Waals surface area contributed by atoms with E-state index in [0.717, 1.165) is 0 Å². The number of phosphoric acid groups is 1. The number of imidazole rings is 1. The molecule has 6 N–H and O–H groups in total. The Balaban J connectivity index is 1.12. The molecule has 2 unspecified atom stereocenters. The zero-order valence-corrected chi connectivity index (χ0v) is 25.0. The molecule has 22 heteroatoms. The fraction of sp³-hybridized carbons (Fsp3) is 0.455. The van der Waals surface area contributed by atoms with Crippen molar-refractivity contribution in [2.24, 2.45) is 5.73 Å². The number of hydrogen-bond acceptors (Lipinski definition) is 15. The van der Waals surface area contributed by atoms with E-state index in [1.54, 1.807) is 16.7 Å². The van der Waals surface area contributed by atoms with Crippen molar-refractivity contribution in [3.8, 4) is 0 Å². The highest BCUT2D eigenvalue weighted by atomic mass is 32.5. The van der Waals surface area contributed by atoms with Crippen molar-refractivity contribution in [1.29, 1.82) is 0 Å². The summed E-state index contributed by atoms with van der Waals surface area (Å²) in [6.07, 6.45) is -2.71. The first-order valence-corrected chi connectivity index (χ1v) is 17.3. The fourth-order valence-electron chi connectivity index (χ4n) is 5.44. The summed E-state index contributed by atoms with van der Waals surface area (Å²) in [7, 11) is -4.69. The molecule has 8 atom stereocenters. The van der Waals surface area contributed by atoms with Crippen LogP contribution in [-0.2, 0) is 43.9 Å². The van der Waals surface area contributed by atoms with E-state index in [2.05, 4.69) is 25.3 Å². The maximum Gasteiger partial charge on any atom is 0.472 e. The van der Waals surface area contributed by atoms with Crippen molar-refractivity contribution in [3.05, 3.63) is 36.4 Å². The average Bonchev–Trinajstić information content (AvgIpc) is 3.75. The third kappa shape index (κ3) is 5.52. The Kier molecular flexibility index (Phi) is 7.50. The van der Waals surface area contributed by atoms with Gasteiger partial charge < -0.3 is 39.8 Å². The first-order valence-electron chi connectivity index (χ1n) is 13.2. The molecule has 0 bridgehead atoms. The van der Waals surface area contributed by atoms with Gasteiger partial charge in [0.1, 0.15) is 48.0 Å². The quantitative estimate of drug-likeness (QED) is 0.218. The van der Waals surface area contributed by atoms with Crippen LogP contribution in [0, 0.1) is 0 Å². The normalized spacial score (nSPS) is 34.8. The zero-order chi connectivity index (χ0) is 30.8. The number of fused-ring (bicyclic) bond motifs is 4. The van der Waals surface area contributed by atoms with E-state index in [4.69, 9.17) is 50.8 Å². The Morgan fingerprint density at radius 1 is 0.977 bits per heavy atom. The lowest BCUT2D eigenvalue weighted by Gasteiger charge is -2.28. The van der Waals surface area contributed by atoms with Gasteiger partial charge in [-0.05, 0) is 23.9 Å². The predicted molar refractivity (Wildman–Crippen MR) is 151 cm³/mol. The van der Waals surface area contributed by atoms with Gasteiger partial charge in [0, 0.05) is 12.8 Å². The molecule has 3 fully saturated rings. The van der Waals surface area contributed by atoms with Crippen LogP contribution in [0.2, 0.25) is 0 Å². The van der Waals surface area contributed by atoms with Crippen LogP contribution in [0.5, 0.6) is 0 Å². The number of ether oxygens (including phenoxy) is 2. The molecule has 3 aromatic heterocycles. The molecule has 0 saturated carbocycles. The van der Waals surface area contributed by atoms with Crippen LogP contribution in [0.4, 0.5) is 5.82 Å². The summed E-state index contributed by atoms with van der Waals surface area (Å²) >= 11 is 5.29. The highest BCUT2D eigenvalue weighted by Crippen LogP contribution is 2.53. The standard InChI is InChI=1S/C22H25N9O10P2S/c23-20-19-22(26-8-25-20)30(9-27-19)16-4-12-15(38-16)7-37-43(35,44)41-13-5-17(39-14(13)6-36-42(33,34)40-12)31-11-3-1-2-10(21(24)32)18(11)28-29-31/h1-3,8-9,12-17H,4-7H2,(H2,24,32)(H,33,34)(H,35,44)(H2,23,25,26)/t12-,13-,14+,15+,16+,17+,43?/m0/s1. The second kappa shape index (κ2) is 11.1. The number of primary amides is 1. The molecule has 6 heterocycles. The first-order chi connectivity index (χ1) is 21.0. The minimum atomic E-state index is -4.69. The number of nitrogen functional groups attached to an aromatic ring is 1. The molecule has 44 heavy (non-hydrogen) atoms. The van der Waals surface area contributed by atoms with Gasteiger partial charge in [0.05, 0.1) is 30.6 Å². The summed E-state index contributed by atoms with van der Waals surface area (Å²) in [5.41, 5.74) is 13.0. The van der Waals surface area contributed by atoms with Crippen LogP contribution in [0.3, 0.4) is 0 Å². The molecule has 0 aliphatic carbocycles. The number of rotatable bonds is 3. The van der Waals surface area contributed by atoms with Gasteiger partial charge in [-0.3, -0.25) is 18.4 Å². The number of hydrogen-bond donors (Lipinski definition) is 4. The minimum Gasteiger partial charge on any atom is -0.382 e. The Labute approximate surface area is 252 Å². The van der Waals surface area contributed by atoms with E-state index in [9.17, 15) is 19.1 Å². The summed E-state index contributed by atoms with van der Waals surface area (Å²) in [5.74, 6) is -0.506. The number of anilines is 1. The van der Waals surface area contributed by atoms with E-state index in [-0.39, 0.29) is 36.3 Å². The topological polar surface area (TPSA) is 256 Å². The van der Waals surface area contributed by atoms with Crippen molar-refractivity contribution < 1.29 is 46.7 Å². The number of carbonyl (C=O) groups is 1. The van der Waals surface area contributed by atoms with Gasteiger partial charge >= 0.3 is 14.5 Å². The van der Waals surface area contributed by atoms with Crippen LogP contribution in [0.25, 0.3) is 22.2 Å². The molecule has 19 nitrogen and oxygen atoms in total. The molecule has 4 aromatic rings. The summed E-state index contributed by atoms with van der Waals surface area (Å²) < 4.78 is 50.5. The van der Waals surface area contributed by atoms with Crippen LogP contribution >= 0.6 is 14.5 Å². The van der Waals surface area contributed by atoms with E-state index in [1.165, 1.54) is 23.4 Å². The van der Waals surface area contributed by atoms with Crippen molar-refractivity contribution >= 4 is 60.3 Å². The third-order valence-electron chi connectivity index (χ3n) is 7.44. The molecular formula is C22H25N9O10P2S. The summed E-state index contributed by atoms with van der Waals surface area (Å²) in [5, 5.41) is 8.17. The highest BCUT2D eigenvalue weighted by molar-refractivity contribution is 8.07. The van der Waals surface area contributed by atoms with Gasteiger partial charge in [0.15, 0.2) is 17.7 Å². The van der Waals surface area contributed by atoms with Gasteiger partial charge in [-0.2, -0.15) is 0 Å². The number of benzene rings is 1. The SMILES string of the molecule is NC(=O)c1cccc2c1nnn2[C@H]1C[C@@H]2OP(O)(=S)OC[C@H]3O[C@@H](n4cnc5c(N)ncnc54)C[C@@H]3OP(=O)(O)OC[C@H]2O1. The Morgan fingerprint density at radius 2 is 1.70 bits per heavy atom. The minimum absolute atomic E-state index is 0.0593. The fourth-order valence-corrected chi connectivity index (χ4v) is 7.87. The molecule has 3 saturated heterocycles. The van der Waals surface area contributed by atoms with Gasteiger partial charge in [0.25, 0.3) is 5.91 Å². The Morgan fingerprint density at radius 3 is 2.50 bits per heavy atom. The lowest BCUT2D eigenvalue weighted by Crippen LogP contribution is -2.32. The molecular weight excluding hydrogens is 644 g/mol. The second-order valence-corrected chi connectivity index (χ2v) is 14.4. The van der Waals surface area contributed by atoms with E-state index < -0.39 is 63.9 Å². The zero-order valence-electron chi connectivity index (χ0n) is 22.4. The maximum atomic E-state index is 13.1. The number of phosphoric ester groups is 1. The van der Waals surface area contributed by atoms with Crippen LogP contribution in [0.1, 0.15) is 35.7 Å². The summed E-state index contributed by atoms with van der Waals surface area (Å²) in [6.45, 7) is -4.74. The molecule has 1 amide bonds. The summed E-state index contributed by atoms with van der Waals surface area (Å²) in [6, 6.07) is 4.80. The maximum absolute atomic E-state index is 13.1. The predicted octanol–water partition coefficient (Wildman–Crippen LogP) is 0.662. The Hall–Kier alpha value is -3.00. The van der Waals surface area contributed by atoms with Crippen molar-refractivity contribution in [2.75, 3.05) is 18.9 Å². The van der Waals surface area contributed by atoms with E-state index in [1.807, 2.05) is 0 Å². The van der Waals surface area contributed by atoms with E-state index >= 15 is 0 Å². The summed E-state index contributed by atoms with van der Waals surface area (Å²) in [4.78, 5) is 45.8. The van der Waals surface area contributed by atoms with Crippen LogP contribution < -0.4 is 11.5 Å². The lowest BCUT2D eigenvalue weighted by atomic mass is 10.1. The number of aromatic nitrogens is 7. The number of nitrogens with zero attached hydrogens (tertiary/aromatic N) is 7. The molecule has 1 aromatic carbocycles. The Bertz CT molecular complexity index is 1860. The van der Waals surface area contributed by atoms with Crippen LogP contribution in [0.15, 0.2) is 30.9 Å². The van der Waals surface area contributed by atoms with Crippen molar-refractivity contribution in [2.45, 2.75) is 49.7 Å². The third-order valence-corrected chi connectivity index (χ3v) is 10.0. The van der Waals surface area contributed by atoms with Crippen molar-refractivity contribution in [3.63, 3.8) is 0 Å². The first kappa shape index (κ1) is 29.7. The average molecular weight is 670 g/mol. The smallest absolute Gasteiger partial charge is 0.382 e. The second-order valence-electron chi connectivity index (χ2n) is 10.2.